The van der Waals surface area contributed by atoms with E-state index >= 15 is 0 Å². The molecule has 3 rings (SSSR count). The van der Waals surface area contributed by atoms with Gasteiger partial charge in [-0.2, -0.15) is 0 Å². The van der Waals surface area contributed by atoms with Crippen LogP contribution >= 0.6 is 22.7 Å². The standard InChI is InChI=1S/C19H20F3N3O3S2/c1-3-25(4-2)18-24-17-15(30-18)9-14(29-17)16(27)23-10-13(26)11-5-7-12(8-6-11)28-19(20,21)22/h5-9,13,26H,3-4,10H2,1-2H3,(H,23,27). The number of rotatable bonds is 8. The number of nitrogens with one attached hydrogen (secondary N) is 1. The topological polar surface area (TPSA) is 74.7 Å². The van der Waals surface area contributed by atoms with Crippen LogP contribution in [0.3, 0.4) is 0 Å². The first kappa shape index (κ1) is 22.3. The number of carbonyl (C=O) groups is 1. The zero-order valence-corrected chi connectivity index (χ0v) is 17.8. The minimum absolute atomic E-state index is 0.0814. The van der Waals surface area contributed by atoms with Gasteiger partial charge in [0.05, 0.1) is 15.7 Å². The molecule has 0 aliphatic rings. The molecule has 1 amide bonds. The molecule has 0 spiro atoms. The van der Waals surface area contributed by atoms with Crippen LogP contribution in [-0.2, 0) is 0 Å². The van der Waals surface area contributed by atoms with Gasteiger partial charge in [0.1, 0.15) is 10.6 Å². The molecule has 0 fully saturated rings. The Balaban J connectivity index is 1.58. The van der Waals surface area contributed by atoms with Crippen molar-refractivity contribution in [3.63, 3.8) is 0 Å². The second-order valence-corrected chi connectivity index (χ2v) is 8.33. The lowest BCUT2D eigenvalue weighted by Gasteiger charge is -2.16. The normalized spacial score (nSPS) is 12.7. The molecule has 3 aromatic rings. The summed E-state index contributed by atoms with van der Waals surface area (Å²) in [5.74, 6) is -0.719. The number of aromatic nitrogens is 1. The van der Waals surface area contributed by atoms with Gasteiger partial charge in [-0.15, -0.1) is 24.5 Å². The Morgan fingerprint density at radius 3 is 2.47 bits per heavy atom. The minimum Gasteiger partial charge on any atom is -0.406 e. The van der Waals surface area contributed by atoms with Gasteiger partial charge in [-0.05, 0) is 37.6 Å². The van der Waals surface area contributed by atoms with Crippen LogP contribution in [0.15, 0.2) is 30.3 Å². The third kappa shape index (κ3) is 5.41. The molecule has 2 heterocycles. The molecular formula is C19H20F3N3O3S2. The number of hydrogen-bond acceptors (Lipinski definition) is 7. The van der Waals surface area contributed by atoms with Crippen molar-refractivity contribution in [2.45, 2.75) is 26.3 Å². The van der Waals surface area contributed by atoms with Gasteiger partial charge < -0.3 is 20.1 Å². The molecule has 2 aromatic heterocycles. The smallest absolute Gasteiger partial charge is 0.406 e. The van der Waals surface area contributed by atoms with E-state index < -0.39 is 12.5 Å². The number of aliphatic hydroxyl groups is 1. The van der Waals surface area contributed by atoms with Crippen molar-refractivity contribution in [2.24, 2.45) is 0 Å². The van der Waals surface area contributed by atoms with E-state index in [9.17, 15) is 23.1 Å². The first-order valence-electron chi connectivity index (χ1n) is 9.17. The second-order valence-electron chi connectivity index (χ2n) is 6.29. The fourth-order valence-corrected chi connectivity index (χ4v) is 5.01. The lowest BCUT2D eigenvalue weighted by atomic mass is 10.1. The van der Waals surface area contributed by atoms with Crippen LogP contribution < -0.4 is 15.0 Å². The Kier molecular flexibility index (Phi) is 6.84. The van der Waals surface area contributed by atoms with E-state index in [2.05, 4.69) is 33.8 Å². The summed E-state index contributed by atoms with van der Waals surface area (Å²) in [4.78, 5) is 20.4. The van der Waals surface area contributed by atoms with Gasteiger partial charge in [-0.1, -0.05) is 23.5 Å². The molecular weight excluding hydrogens is 439 g/mol. The second kappa shape index (κ2) is 9.19. The van der Waals surface area contributed by atoms with E-state index in [1.165, 1.54) is 34.8 Å². The molecule has 6 nitrogen and oxygen atoms in total. The van der Waals surface area contributed by atoms with Crippen molar-refractivity contribution in [1.82, 2.24) is 10.3 Å². The third-order valence-corrected chi connectivity index (χ3v) is 6.51. The molecule has 162 valence electrons. The molecule has 30 heavy (non-hydrogen) atoms. The SMILES string of the molecule is CCN(CC)c1nc2sc(C(=O)NCC(O)c3ccc(OC(F)(F)F)cc3)cc2s1. The van der Waals surface area contributed by atoms with E-state index in [1.807, 2.05) is 0 Å². The zero-order valence-electron chi connectivity index (χ0n) is 16.2. The Labute approximate surface area is 178 Å². The lowest BCUT2D eigenvalue weighted by Crippen LogP contribution is -2.27. The molecule has 0 radical (unpaired) electrons. The fourth-order valence-electron chi connectivity index (χ4n) is 2.75. The average Bonchev–Trinajstić information content (AvgIpc) is 3.25. The maximum atomic E-state index is 12.4. The maximum Gasteiger partial charge on any atom is 0.573 e. The van der Waals surface area contributed by atoms with E-state index in [0.717, 1.165) is 39.9 Å². The van der Waals surface area contributed by atoms with Crippen LogP contribution in [0.5, 0.6) is 5.75 Å². The first-order chi connectivity index (χ1) is 14.2. The fraction of sp³-hybridized carbons (Fsp3) is 0.368. The summed E-state index contributed by atoms with van der Waals surface area (Å²) in [5, 5.41) is 13.8. The third-order valence-electron chi connectivity index (χ3n) is 4.29. The number of nitrogens with zero attached hydrogens (tertiary/aromatic N) is 2. The van der Waals surface area contributed by atoms with Crippen molar-refractivity contribution < 1.29 is 27.8 Å². The van der Waals surface area contributed by atoms with Crippen LogP contribution in [0, 0.1) is 0 Å². The summed E-state index contributed by atoms with van der Waals surface area (Å²) < 4.78 is 41.3. The number of halogens is 3. The Hall–Kier alpha value is -2.37. The van der Waals surface area contributed by atoms with Crippen LogP contribution in [0.1, 0.15) is 35.2 Å². The monoisotopic (exact) mass is 459 g/mol. The molecule has 0 saturated carbocycles. The van der Waals surface area contributed by atoms with Crippen molar-refractivity contribution in [2.75, 3.05) is 24.5 Å². The summed E-state index contributed by atoms with van der Waals surface area (Å²) in [6.45, 7) is 5.74. The quantitative estimate of drug-likeness (QED) is 0.516. The van der Waals surface area contributed by atoms with Crippen molar-refractivity contribution in [3.05, 3.63) is 40.8 Å². The highest BCUT2D eigenvalue weighted by molar-refractivity contribution is 7.29. The molecule has 0 bridgehead atoms. The summed E-state index contributed by atoms with van der Waals surface area (Å²) in [7, 11) is 0. The van der Waals surface area contributed by atoms with Gasteiger partial charge in [0.15, 0.2) is 5.13 Å². The van der Waals surface area contributed by atoms with Crippen molar-refractivity contribution in [3.8, 4) is 5.75 Å². The number of ether oxygens (including phenoxy) is 1. The number of carbonyl (C=O) groups excluding carboxylic acids is 1. The van der Waals surface area contributed by atoms with Gasteiger partial charge in [-0.25, -0.2) is 4.98 Å². The van der Waals surface area contributed by atoms with Gasteiger partial charge in [0.25, 0.3) is 5.91 Å². The van der Waals surface area contributed by atoms with Crippen molar-refractivity contribution >= 4 is 43.2 Å². The van der Waals surface area contributed by atoms with E-state index in [0.29, 0.717) is 10.4 Å². The van der Waals surface area contributed by atoms with E-state index in [-0.39, 0.29) is 18.2 Å². The van der Waals surface area contributed by atoms with Gasteiger partial charge in [-0.3, -0.25) is 4.79 Å². The Bertz CT molecular complexity index is 967. The highest BCUT2D eigenvalue weighted by Gasteiger charge is 2.31. The van der Waals surface area contributed by atoms with E-state index in [1.54, 1.807) is 6.07 Å². The first-order valence-corrected chi connectivity index (χ1v) is 10.8. The number of benzene rings is 1. The predicted molar refractivity (Wildman–Crippen MR) is 111 cm³/mol. The molecule has 0 saturated heterocycles. The minimum atomic E-state index is -4.77. The number of amides is 1. The molecule has 1 aromatic carbocycles. The predicted octanol–water partition coefficient (Wildman–Crippen LogP) is 4.57. The number of thiazole rings is 1. The molecule has 1 unspecified atom stereocenters. The number of anilines is 1. The van der Waals surface area contributed by atoms with Crippen LogP contribution in [0.4, 0.5) is 18.3 Å². The number of aliphatic hydroxyl groups excluding tert-OH is 1. The van der Waals surface area contributed by atoms with E-state index in [4.69, 9.17) is 0 Å². The summed E-state index contributed by atoms with van der Waals surface area (Å²) >= 11 is 2.80. The lowest BCUT2D eigenvalue weighted by molar-refractivity contribution is -0.274. The highest BCUT2D eigenvalue weighted by atomic mass is 32.1. The maximum absolute atomic E-state index is 12.4. The molecule has 11 heteroatoms. The largest absolute Gasteiger partial charge is 0.573 e. The van der Waals surface area contributed by atoms with Crippen LogP contribution in [-0.4, -0.2) is 42.0 Å². The van der Waals surface area contributed by atoms with Gasteiger partial charge >= 0.3 is 6.36 Å². The summed E-state index contributed by atoms with van der Waals surface area (Å²) in [5.41, 5.74) is 0.363. The van der Waals surface area contributed by atoms with Crippen molar-refractivity contribution in [1.29, 1.82) is 0 Å². The zero-order chi connectivity index (χ0) is 21.9. The average molecular weight is 460 g/mol. The number of thiophene rings is 1. The highest BCUT2D eigenvalue weighted by Crippen LogP contribution is 2.34. The van der Waals surface area contributed by atoms with Gasteiger partial charge in [0.2, 0.25) is 0 Å². The summed E-state index contributed by atoms with van der Waals surface area (Å²) in [6.07, 6.45) is -5.84. The molecule has 1 atom stereocenters. The number of alkyl halides is 3. The van der Waals surface area contributed by atoms with Crippen LogP contribution in [0.2, 0.25) is 0 Å². The molecule has 2 N–H and O–H groups in total. The molecule has 0 aliphatic heterocycles. The number of fused-ring (bicyclic) bond motifs is 1. The van der Waals surface area contributed by atoms with Crippen LogP contribution in [0.25, 0.3) is 9.53 Å². The number of hydrogen-bond donors (Lipinski definition) is 2. The Morgan fingerprint density at radius 2 is 1.90 bits per heavy atom. The summed E-state index contributed by atoms with van der Waals surface area (Å²) in [6, 6.07) is 6.63. The molecule has 0 aliphatic carbocycles. The Morgan fingerprint density at radius 1 is 1.23 bits per heavy atom. The van der Waals surface area contributed by atoms with Gasteiger partial charge in [0, 0.05) is 19.6 Å².